The molecule has 0 fully saturated rings. The van der Waals surface area contributed by atoms with Crippen LogP contribution in [0.1, 0.15) is 19.4 Å². The largest absolute Gasteiger partial charge is 0.497 e. The van der Waals surface area contributed by atoms with Crippen LogP contribution in [0.2, 0.25) is 0 Å². The number of benzene rings is 1. The van der Waals surface area contributed by atoms with Crippen LogP contribution >= 0.6 is 12.2 Å². The Morgan fingerprint density at radius 2 is 2.00 bits per heavy atom. The van der Waals surface area contributed by atoms with Crippen LogP contribution in [0, 0.1) is 0 Å². The zero-order valence-corrected chi connectivity index (χ0v) is 11.4. The van der Waals surface area contributed by atoms with Gasteiger partial charge in [0.15, 0.2) is 0 Å². The first-order chi connectivity index (χ1) is 8.27. The van der Waals surface area contributed by atoms with Crippen molar-refractivity contribution in [3.8, 4) is 5.75 Å². The molecule has 0 spiro atoms. The zero-order chi connectivity index (χ0) is 13.9. The van der Waals surface area contributed by atoms with Crippen LogP contribution in [0.5, 0.6) is 5.75 Å². The second-order valence-corrected chi connectivity index (χ2v) is 4.83. The normalized spacial score (nSPS) is 10.8. The van der Waals surface area contributed by atoms with Gasteiger partial charge in [0.2, 0.25) is 5.91 Å². The summed E-state index contributed by atoms with van der Waals surface area (Å²) in [4.78, 5) is 11.6. The minimum Gasteiger partial charge on any atom is -0.497 e. The molecule has 5 N–H and O–H groups in total. The average Bonchev–Trinajstić information content (AvgIpc) is 2.27. The van der Waals surface area contributed by atoms with E-state index in [1.54, 1.807) is 39.2 Å². The molecule has 0 saturated carbocycles. The number of methoxy groups -OCH3 is 1. The average molecular weight is 267 g/mol. The molecule has 0 bridgehead atoms. The number of ether oxygens (including phenoxy) is 1. The van der Waals surface area contributed by atoms with Gasteiger partial charge < -0.3 is 21.5 Å². The van der Waals surface area contributed by atoms with Gasteiger partial charge in [0.25, 0.3) is 0 Å². The third kappa shape index (κ3) is 3.10. The number of nitrogens with two attached hydrogens (primary N) is 2. The van der Waals surface area contributed by atoms with Gasteiger partial charge in [-0.1, -0.05) is 12.2 Å². The molecule has 0 aromatic heterocycles. The summed E-state index contributed by atoms with van der Waals surface area (Å²) in [7, 11) is 1.55. The molecule has 1 rings (SSSR count). The van der Waals surface area contributed by atoms with E-state index >= 15 is 0 Å². The van der Waals surface area contributed by atoms with E-state index in [-0.39, 0.29) is 4.99 Å². The number of hydrogen-bond acceptors (Lipinski definition) is 4. The molecular formula is C12H17N3O2S. The molecule has 1 aromatic carbocycles. The molecule has 18 heavy (non-hydrogen) atoms. The Morgan fingerprint density at radius 1 is 1.39 bits per heavy atom. The van der Waals surface area contributed by atoms with Crippen LogP contribution in [-0.4, -0.2) is 23.5 Å². The first-order valence-corrected chi connectivity index (χ1v) is 5.74. The SMILES string of the molecule is COc1ccc(C(N)=S)c(NC(C)(C)C(N)=O)c1. The smallest absolute Gasteiger partial charge is 0.242 e. The lowest BCUT2D eigenvalue weighted by atomic mass is 10.0. The van der Waals surface area contributed by atoms with Gasteiger partial charge in [-0.2, -0.15) is 0 Å². The van der Waals surface area contributed by atoms with E-state index in [0.717, 1.165) is 0 Å². The highest BCUT2D eigenvalue weighted by molar-refractivity contribution is 7.80. The Morgan fingerprint density at radius 3 is 2.44 bits per heavy atom. The number of anilines is 1. The Labute approximate surface area is 111 Å². The van der Waals surface area contributed by atoms with E-state index in [9.17, 15) is 4.79 Å². The number of carbonyl (C=O) groups is 1. The van der Waals surface area contributed by atoms with Crippen molar-refractivity contribution in [2.75, 3.05) is 12.4 Å². The molecule has 0 aliphatic carbocycles. The lowest BCUT2D eigenvalue weighted by Gasteiger charge is -2.25. The van der Waals surface area contributed by atoms with Crippen molar-refractivity contribution in [1.82, 2.24) is 0 Å². The lowest BCUT2D eigenvalue weighted by molar-refractivity contribution is -0.121. The van der Waals surface area contributed by atoms with Crippen LogP contribution in [0.15, 0.2) is 18.2 Å². The van der Waals surface area contributed by atoms with Crippen LogP contribution in [0.25, 0.3) is 0 Å². The van der Waals surface area contributed by atoms with Gasteiger partial charge >= 0.3 is 0 Å². The Balaban J connectivity index is 3.20. The standard InChI is InChI=1S/C12H17N3O2S/c1-12(2,11(14)16)15-9-6-7(17-3)4-5-8(9)10(13)18/h4-6,15H,1-3H3,(H2,13,18)(H2,14,16). The summed E-state index contributed by atoms with van der Waals surface area (Å²) in [6.07, 6.45) is 0. The first kappa shape index (κ1) is 14.2. The maximum atomic E-state index is 11.3. The molecule has 0 radical (unpaired) electrons. The minimum absolute atomic E-state index is 0.237. The molecule has 1 amide bonds. The molecule has 0 atom stereocenters. The Kier molecular flexibility index (Phi) is 4.13. The first-order valence-electron chi connectivity index (χ1n) is 5.34. The van der Waals surface area contributed by atoms with Crippen LogP contribution < -0.4 is 21.5 Å². The zero-order valence-electron chi connectivity index (χ0n) is 10.6. The maximum absolute atomic E-state index is 11.3. The van der Waals surface area contributed by atoms with Gasteiger partial charge in [0, 0.05) is 17.3 Å². The number of thiocarbonyl (C=S) groups is 1. The second kappa shape index (κ2) is 5.22. The third-order valence-corrected chi connectivity index (χ3v) is 2.78. The predicted octanol–water partition coefficient (Wildman–Crippen LogP) is 1.01. The molecule has 0 aliphatic rings. The molecule has 0 heterocycles. The monoisotopic (exact) mass is 267 g/mol. The number of rotatable bonds is 5. The summed E-state index contributed by atoms with van der Waals surface area (Å²) >= 11 is 4.96. The Hall–Kier alpha value is -1.82. The van der Waals surface area contributed by atoms with Crippen molar-refractivity contribution in [2.45, 2.75) is 19.4 Å². The fourth-order valence-corrected chi connectivity index (χ4v) is 1.54. The summed E-state index contributed by atoms with van der Waals surface area (Å²) in [6.45, 7) is 3.36. The quantitative estimate of drug-likeness (QED) is 0.693. The van der Waals surface area contributed by atoms with E-state index < -0.39 is 11.4 Å². The molecular weight excluding hydrogens is 250 g/mol. The lowest BCUT2D eigenvalue weighted by Crippen LogP contribution is -2.45. The van der Waals surface area contributed by atoms with E-state index in [4.69, 9.17) is 28.4 Å². The number of amides is 1. The summed E-state index contributed by atoms with van der Waals surface area (Å²) in [6, 6.07) is 5.21. The van der Waals surface area contributed by atoms with Gasteiger partial charge in [0.05, 0.1) is 7.11 Å². The summed E-state index contributed by atoms with van der Waals surface area (Å²) in [5.41, 5.74) is 11.3. The highest BCUT2D eigenvalue weighted by Crippen LogP contribution is 2.25. The Bertz CT molecular complexity index is 486. The molecule has 0 unspecified atom stereocenters. The maximum Gasteiger partial charge on any atom is 0.242 e. The molecule has 0 aliphatic heterocycles. The number of nitrogens with one attached hydrogen (secondary N) is 1. The van der Waals surface area contributed by atoms with E-state index in [1.165, 1.54) is 0 Å². The van der Waals surface area contributed by atoms with Crippen molar-refractivity contribution in [3.63, 3.8) is 0 Å². The third-order valence-electron chi connectivity index (χ3n) is 2.56. The minimum atomic E-state index is -0.911. The molecule has 6 heteroatoms. The molecule has 5 nitrogen and oxygen atoms in total. The molecule has 0 saturated heterocycles. The van der Waals surface area contributed by atoms with Gasteiger partial charge in [-0.15, -0.1) is 0 Å². The van der Waals surface area contributed by atoms with Gasteiger partial charge in [-0.05, 0) is 26.0 Å². The number of hydrogen-bond donors (Lipinski definition) is 3. The van der Waals surface area contributed by atoms with Crippen LogP contribution in [0.4, 0.5) is 5.69 Å². The van der Waals surface area contributed by atoms with Crippen molar-refractivity contribution in [1.29, 1.82) is 0 Å². The van der Waals surface area contributed by atoms with Crippen molar-refractivity contribution < 1.29 is 9.53 Å². The topological polar surface area (TPSA) is 90.4 Å². The molecule has 98 valence electrons. The van der Waals surface area contributed by atoms with Gasteiger partial charge in [0.1, 0.15) is 16.3 Å². The van der Waals surface area contributed by atoms with Crippen molar-refractivity contribution in [2.24, 2.45) is 11.5 Å². The van der Waals surface area contributed by atoms with Crippen molar-refractivity contribution >= 4 is 28.8 Å². The highest BCUT2D eigenvalue weighted by atomic mass is 32.1. The predicted molar refractivity (Wildman–Crippen MR) is 75.8 cm³/mol. The number of primary amides is 1. The van der Waals surface area contributed by atoms with Crippen molar-refractivity contribution in [3.05, 3.63) is 23.8 Å². The van der Waals surface area contributed by atoms with Gasteiger partial charge in [-0.25, -0.2) is 0 Å². The summed E-state index contributed by atoms with van der Waals surface area (Å²) in [5, 5.41) is 3.02. The fraction of sp³-hybridized carbons (Fsp3) is 0.333. The van der Waals surface area contributed by atoms with Crippen LogP contribution in [-0.2, 0) is 4.79 Å². The second-order valence-electron chi connectivity index (χ2n) is 4.39. The summed E-state index contributed by atoms with van der Waals surface area (Å²) in [5.74, 6) is 0.164. The van der Waals surface area contributed by atoms with E-state index in [1.807, 2.05) is 0 Å². The van der Waals surface area contributed by atoms with Gasteiger partial charge in [-0.3, -0.25) is 4.79 Å². The summed E-state index contributed by atoms with van der Waals surface area (Å²) < 4.78 is 5.12. The van der Waals surface area contributed by atoms with E-state index in [0.29, 0.717) is 17.0 Å². The molecule has 1 aromatic rings. The van der Waals surface area contributed by atoms with Crippen LogP contribution in [0.3, 0.4) is 0 Å². The van der Waals surface area contributed by atoms with E-state index in [2.05, 4.69) is 5.32 Å². The number of carbonyl (C=O) groups excluding carboxylic acids is 1. The highest BCUT2D eigenvalue weighted by Gasteiger charge is 2.25. The fourth-order valence-electron chi connectivity index (χ4n) is 1.37.